The molecule has 1 aromatic carbocycles. The van der Waals surface area contributed by atoms with Gasteiger partial charge in [0.1, 0.15) is 5.01 Å². The van der Waals surface area contributed by atoms with Gasteiger partial charge in [0, 0.05) is 29.7 Å². The number of methoxy groups -OCH3 is 2. The third kappa shape index (κ3) is 3.72. The summed E-state index contributed by atoms with van der Waals surface area (Å²) >= 11 is 3.46. The molecule has 23 heavy (non-hydrogen) atoms. The topological polar surface area (TPSA) is 43.4 Å². The summed E-state index contributed by atoms with van der Waals surface area (Å²) in [6, 6.07) is 10.1. The number of benzene rings is 1. The highest BCUT2D eigenvalue weighted by Gasteiger charge is 2.10. The first kappa shape index (κ1) is 16.0. The average molecular weight is 346 g/mol. The zero-order chi connectivity index (χ0) is 16.1. The summed E-state index contributed by atoms with van der Waals surface area (Å²) in [4.78, 5) is 6.97. The molecule has 0 spiro atoms. The molecular weight excluding hydrogens is 328 g/mol. The van der Waals surface area contributed by atoms with E-state index in [2.05, 4.69) is 27.8 Å². The van der Waals surface area contributed by atoms with Crippen molar-refractivity contribution in [3.05, 3.63) is 52.5 Å². The number of aromatic nitrogens is 1. The number of hydrogen-bond acceptors (Lipinski definition) is 6. The second kappa shape index (κ2) is 7.59. The van der Waals surface area contributed by atoms with E-state index in [4.69, 9.17) is 9.47 Å². The molecule has 1 N–H and O–H groups in total. The number of ether oxygens (including phenoxy) is 2. The van der Waals surface area contributed by atoms with Crippen LogP contribution in [0.15, 0.2) is 41.9 Å². The van der Waals surface area contributed by atoms with E-state index in [1.165, 1.54) is 9.75 Å². The fourth-order valence-electron chi connectivity index (χ4n) is 2.32. The van der Waals surface area contributed by atoms with E-state index in [0.717, 1.165) is 28.6 Å². The number of thiazole rings is 1. The van der Waals surface area contributed by atoms with E-state index in [1.807, 2.05) is 24.4 Å². The third-order valence-electron chi connectivity index (χ3n) is 3.39. The Kier molecular flexibility index (Phi) is 5.27. The highest BCUT2D eigenvalue weighted by Crippen LogP contribution is 2.31. The summed E-state index contributed by atoms with van der Waals surface area (Å²) in [5.41, 5.74) is 1.07. The molecule has 0 aliphatic heterocycles. The van der Waals surface area contributed by atoms with Crippen molar-refractivity contribution in [1.82, 2.24) is 10.3 Å². The zero-order valence-electron chi connectivity index (χ0n) is 13.0. The number of hydrogen-bond donors (Lipinski definition) is 1. The summed E-state index contributed by atoms with van der Waals surface area (Å²) in [5.74, 6) is 1.53. The van der Waals surface area contributed by atoms with Crippen LogP contribution in [-0.4, -0.2) is 19.2 Å². The van der Waals surface area contributed by atoms with Crippen LogP contribution in [0.4, 0.5) is 0 Å². The van der Waals surface area contributed by atoms with Crippen LogP contribution in [0.2, 0.25) is 0 Å². The molecule has 2 aromatic heterocycles. The fourth-order valence-corrected chi connectivity index (χ4v) is 4.03. The molecule has 0 saturated heterocycles. The molecule has 120 valence electrons. The van der Waals surface area contributed by atoms with Crippen molar-refractivity contribution < 1.29 is 9.47 Å². The second-order valence-corrected chi connectivity index (χ2v) is 6.91. The Morgan fingerprint density at radius 1 is 1.04 bits per heavy atom. The molecule has 0 radical (unpaired) electrons. The highest BCUT2D eigenvalue weighted by molar-refractivity contribution is 7.21. The Morgan fingerprint density at radius 3 is 2.70 bits per heavy atom. The summed E-state index contributed by atoms with van der Waals surface area (Å²) in [7, 11) is 3.31. The van der Waals surface area contributed by atoms with Gasteiger partial charge in [0.2, 0.25) is 0 Å². The molecule has 0 unspecified atom stereocenters. The van der Waals surface area contributed by atoms with Gasteiger partial charge in [-0.3, -0.25) is 0 Å². The molecule has 0 aliphatic carbocycles. The standard InChI is InChI=1S/C17H18N2O2S2/c1-20-13-6-3-5-12(17(13)21-2)9-18-11-16-19-10-15(23-16)14-7-4-8-22-14/h3-8,10,18H,9,11H2,1-2H3. The van der Waals surface area contributed by atoms with Gasteiger partial charge < -0.3 is 14.8 Å². The van der Waals surface area contributed by atoms with Crippen molar-refractivity contribution in [3.63, 3.8) is 0 Å². The Balaban J connectivity index is 1.62. The maximum atomic E-state index is 5.45. The van der Waals surface area contributed by atoms with Gasteiger partial charge in [0.25, 0.3) is 0 Å². The minimum Gasteiger partial charge on any atom is -0.493 e. The van der Waals surface area contributed by atoms with Crippen LogP contribution in [0.3, 0.4) is 0 Å². The van der Waals surface area contributed by atoms with Gasteiger partial charge in [-0.25, -0.2) is 4.98 Å². The normalized spacial score (nSPS) is 10.7. The Morgan fingerprint density at radius 2 is 1.96 bits per heavy atom. The quantitative estimate of drug-likeness (QED) is 0.697. The molecule has 2 heterocycles. The van der Waals surface area contributed by atoms with E-state index in [1.54, 1.807) is 36.9 Å². The predicted molar refractivity (Wildman–Crippen MR) is 95.5 cm³/mol. The van der Waals surface area contributed by atoms with E-state index in [-0.39, 0.29) is 0 Å². The van der Waals surface area contributed by atoms with E-state index >= 15 is 0 Å². The van der Waals surface area contributed by atoms with Crippen LogP contribution in [0.1, 0.15) is 10.6 Å². The van der Waals surface area contributed by atoms with Gasteiger partial charge in [-0.2, -0.15) is 0 Å². The molecule has 0 fully saturated rings. The monoisotopic (exact) mass is 346 g/mol. The first-order valence-corrected chi connectivity index (χ1v) is 8.90. The molecule has 0 amide bonds. The number of para-hydroxylation sites is 1. The molecule has 4 nitrogen and oxygen atoms in total. The van der Waals surface area contributed by atoms with Gasteiger partial charge in [0.05, 0.1) is 19.1 Å². The molecule has 0 saturated carbocycles. The summed E-state index contributed by atoms with van der Waals surface area (Å²) < 4.78 is 10.8. The van der Waals surface area contributed by atoms with Crippen molar-refractivity contribution in [2.24, 2.45) is 0 Å². The maximum Gasteiger partial charge on any atom is 0.165 e. The van der Waals surface area contributed by atoms with Crippen LogP contribution in [0.25, 0.3) is 9.75 Å². The molecule has 3 aromatic rings. The first-order valence-electron chi connectivity index (χ1n) is 7.21. The van der Waals surface area contributed by atoms with Gasteiger partial charge in [-0.15, -0.1) is 22.7 Å². The van der Waals surface area contributed by atoms with Gasteiger partial charge in [0.15, 0.2) is 11.5 Å². The lowest BCUT2D eigenvalue weighted by atomic mass is 10.2. The van der Waals surface area contributed by atoms with Crippen LogP contribution in [-0.2, 0) is 13.1 Å². The fraction of sp³-hybridized carbons (Fsp3) is 0.235. The number of rotatable bonds is 7. The van der Waals surface area contributed by atoms with Crippen LogP contribution in [0.5, 0.6) is 11.5 Å². The number of nitrogens with zero attached hydrogens (tertiary/aromatic N) is 1. The molecule has 0 bridgehead atoms. The van der Waals surface area contributed by atoms with Crippen LogP contribution >= 0.6 is 22.7 Å². The lowest BCUT2D eigenvalue weighted by Gasteiger charge is -2.12. The maximum absolute atomic E-state index is 5.45. The van der Waals surface area contributed by atoms with Gasteiger partial charge >= 0.3 is 0 Å². The van der Waals surface area contributed by atoms with Crippen molar-refractivity contribution in [2.45, 2.75) is 13.1 Å². The molecular formula is C17H18N2O2S2. The van der Waals surface area contributed by atoms with Crippen molar-refractivity contribution in [2.75, 3.05) is 14.2 Å². The number of thiophene rings is 1. The first-order chi connectivity index (χ1) is 11.3. The molecule has 6 heteroatoms. The van der Waals surface area contributed by atoms with E-state index < -0.39 is 0 Å². The summed E-state index contributed by atoms with van der Waals surface area (Å²) in [6.45, 7) is 1.44. The van der Waals surface area contributed by atoms with E-state index in [9.17, 15) is 0 Å². The number of nitrogens with one attached hydrogen (secondary N) is 1. The van der Waals surface area contributed by atoms with Gasteiger partial charge in [-0.05, 0) is 17.5 Å². The minimum absolute atomic E-state index is 0.703. The smallest absolute Gasteiger partial charge is 0.165 e. The average Bonchev–Trinajstić information content (AvgIpc) is 3.25. The van der Waals surface area contributed by atoms with Crippen molar-refractivity contribution in [1.29, 1.82) is 0 Å². The van der Waals surface area contributed by atoms with Gasteiger partial charge in [-0.1, -0.05) is 18.2 Å². The lowest BCUT2D eigenvalue weighted by molar-refractivity contribution is 0.350. The molecule has 0 atom stereocenters. The van der Waals surface area contributed by atoms with Crippen molar-refractivity contribution >= 4 is 22.7 Å². The van der Waals surface area contributed by atoms with E-state index in [0.29, 0.717) is 6.54 Å². The van der Waals surface area contributed by atoms with Crippen LogP contribution < -0.4 is 14.8 Å². The summed E-state index contributed by atoms with van der Waals surface area (Å²) in [5, 5.41) is 6.58. The molecule has 3 rings (SSSR count). The Hall–Kier alpha value is -1.89. The SMILES string of the molecule is COc1cccc(CNCc2ncc(-c3cccs3)s2)c1OC. The van der Waals surface area contributed by atoms with Crippen LogP contribution in [0, 0.1) is 0 Å². The zero-order valence-corrected chi connectivity index (χ0v) is 14.7. The molecule has 0 aliphatic rings. The summed E-state index contributed by atoms with van der Waals surface area (Å²) in [6.07, 6.45) is 1.94. The lowest BCUT2D eigenvalue weighted by Crippen LogP contribution is -2.13. The largest absolute Gasteiger partial charge is 0.493 e. The predicted octanol–water partition coefficient (Wildman–Crippen LogP) is 4.18. The van der Waals surface area contributed by atoms with Crippen molar-refractivity contribution in [3.8, 4) is 21.3 Å². The Labute approximate surface area is 143 Å². The Bertz CT molecular complexity index is 754. The minimum atomic E-state index is 0.703. The highest BCUT2D eigenvalue weighted by atomic mass is 32.1. The second-order valence-electron chi connectivity index (χ2n) is 4.85. The third-order valence-corrected chi connectivity index (χ3v) is 5.46.